The molecule has 2 aromatic heterocycles. The monoisotopic (exact) mass is 445 g/mol. The van der Waals surface area contributed by atoms with E-state index < -0.39 is 30.5 Å². The highest BCUT2D eigenvalue weighted by Gasteiger charge is 2.31. The Kier molecular flexibility index (Phi) is 5.92. The van der Waals surface area contributed by atoms with Gasteiger partial charge in [-0.05, 0) is 26.0 Å². The fourth-order valence-corrected chi connectivity index (χ4v) is 2.88. The Morgan fingerprint density at radius 1 is 1.00 bits per heavy atom. The molecule has 1 aromatic carbocycles. The zero-order valence-electron chi connectivity index (χ0n) is 16.6. The molecule has 0 atom stereocenters. The van der Waals surface area contributed by atoms with E-state index in [1.165, 1.54) is 6.07 Å². The summed E-state index contributed by atoms with van der Waals surface area (Å²) >= 11 is 0. The molecule has 6 nitrogen and oxygen atoms in total. The Hall–Kier alpha value is -3.18. The molecular formula is C19H17F6N5O. The van der Waals surface area contributed by atoms with Crippen molar-refractivity contribution in [1.29, 1.82) is 0 Å². The van der Waals surface area contributed by atoms with Crippen molar-refractivity contribution < 1.29 is 31.1 Å². The van der Waals surface area contributed by atoms with E-state index in [4.69, 9.17) is 0 Å². The number of hydrogen-bond donors (Lipinski definition) is 0. The van der Waals surface area contributed by atoms with Gasteiger partial charge < -0.3 is 4.74 Å². The number of ether oxygens (including phenoxy) is 1. The minimum atomic E-state index is -4.64. The van der Waals surface area contributed by atoms with Crippen LogP contribution in [0, 0.1) is 13.8 Å². The van der Waals surface area contributed by atoms with E-state index in [1.54, 1.807) is 25.6 Å². The van der Waals surface area contributed by atoms with Crippen LogP contribution in [0.3, 0.4) is 0 Å². The summed E-state index contributed by atoms with van der Waals surface area (Å²) in [6.07, 6.45) is -9.16. The number of hydrogen-bond acceptors (Lipinski definition) is 5. The highest BCUT2D eigenvalue weighted by molar-refractivity contribution is 5.56. The van der Waals surface area contributed by atoms with E-state index >= 15 is 0 Å². The summed E-state index contributed by atoms with van der Waals surface area (Å²) in [5, 5.41) is 4.26. The molecule has 0 amide bonds. The summed E-state index contributed by atoms with van der Waals surface area (Å²) < 4.78 is 83.2. The minimum absolute atomic E-state index is 0.0324. The van der Waals surface area contributed by atoms with Crippen molar-refractivity contribution in [2.45, 2.75) is 32.6 Å². The molecule has 0 fully saturated rings. The lowest BCUT2D eigenvalue weighted by molar-refractivity contribution is -0.154. The van der Waals surface area contributed by atoms with Gasteiger partial charge in [-0.2, -0.15) is 41.4 Å². The van der Waals surface area contributed by atoms with Gasteiger partial charge in [0.1, 0.15) is 5.82 Å². The fourth-order valence-electron chi connectivity index (χ4n) is 2.88. The molecular weight excluding hydrogens is 428 g/mol. The van der Waals surface area contributed by atoms with Gasteiger partial charge >= 0.3 is 18.4 Å². The number of aryl methyl sites for hydroxylation is 2. The van der Waals surface area contributed by atoms with Crippen LogP contribution in [0.25, 0.3) is 11.4 Å². The molecule has 0 aliphatic rings. The van der Waals surface area contributed by atoms with Gasteiger partial charge in [-0.15, -0.1) is 0 Å². The van der Waals surface area contributed by atoms with Crippen molar-refractivity contribution in [3.8, 4) is 17.4 Å². The Labute approximate surface area is 172 Å². The fraction of sp³-hybridized carbons (Fsp3) is 0.368. The molecule has 3 aromatic rings. The average Bonchev–Trinajstić information content (AvgIpc) is 2.91. The highest BCUT2D eigenvalue weighted by atomic mass is 19.4. The maximum atomic E-state index is 13.1. The van der Waals surface area contributed by atoms with Crippen molar-refractivity contribution in [3.63, 3.8) is 0 Å². The van der Waals surface area contributed by atoms with Crippen LogP contribution >= 0.6 is 0 Å². The van der Waals surface area contributed by atoms with Crippen LogP contribution in [0.2, 0.25) is 0 Å². The Morgan fingerprint density at radius 2 is 1.71 bits per heavy atom. The van der Waals surface area contributed by atoms with Gasteiger partial charge in [0.25, 0.3) is 0 Å². The van der Waals surface area contributed by atoms with Gasteiger partial charge in [0.15, 0.2) is 12.4 Å². The van der Waals surface area contributed by atoms with E-state index in [1.807, 2.05) is 0 Å². The normalized spacial score (nSPS) is 12.3. The maximum absolute atomic E-state index is 13.1. The summed E-state index contributed by atoms with van der Waals surface area (Å²) in [7, 11) is 1.73. The molecule has 0 bridgehead atoms. The summed E-state index contributed by atoms with van der Waals surface area (Å²) in [6.45, 7) is 1.90. The molecule has 166 valence electrons. The van der Waals surface area contributed by atoms with E-state index in [2.05, 4.69) is 24.8 Å². The molecule has 0 aliphatic heterocycles. The second-order valence-corrected chi connectivity index (χ2v) is 6.79. The van der Waals surface area contributed by atoms with Crippen LogP contribution in [0.4, 0.5) is 26.3 Å². The standard InChI is InChI=1S/C19H17F6N5O/c1-10-14(11(2)30(3)29-10)8-15-26-16(28-17(27-15)31-9-18(20,21)22)12-5-4-6-13(7-12)19(23,24)25/h4-7H,8-9H2,1-3H3. The quantitative estimate of drug-likeness (QED) is 0.544. The van der Waals surface area contributed by atoms with Crippen LogP contribution in [0.5, 0.6) is 6.01 Å². The van der Waals surface area contributed by atoms with Crippen LogP contribution < -0.4 is 4.74 Å². The summed E-state index contributed by atoms with van der Waals surface area (Å²) in [5.41, 5.74) is 1.22. The lowest BCUT2D eigenvalue weighted by Gasteiger charge is -2.12. The van der Waals surface area contributed by atoms with Crippen molar-refractivity contribution in [2.75, 3.05) is 6.61 Å². The first kappa shape index (κ1) is 22.5. The third-order valence-electron chi connectivity index (χ3n) is 4.47. The molecule has 0 saturated carbocycles. The predicted octanol–water partition coefficient (Wildman–Crippen LogP) is 4.44. The number of rotatable bonds is 5. The lowest BCUT2D eigenvalue weighted by Crippen LogP contribution is -2.20. The second-order valence-electron chi connectivity index (χ2n) is 6.79. The third-order valence-corrected chi connectivity index (χ3v) is 4.47. The van der Waals surface area contributed by atoms with Crippen LogP contribution in [0.1, 0.15) is 28.3 Å². The molecule has 0 spiro atoms. The van der Waals surface area contributed by atoms with Crippen LogP contribution in [-0.2, 0) is 19.6 Å². The third kappa shape index (κ3) is 5.50. The number of alkyl halides is 6. The summed E-state index contributed by atoms with van der Waals surface area (Å²) in [5.74, 6) is -0.189. The van der Waals surface area contributed by atoms with Crippen LogP contribution in [0.15, 0.2) is 24.3 Å². The molecule has 0 aliphatic carbocycles. The van der Waals surface area contributed by atoms with Gasteiger partial charge in [-0.1, -0.05) is 12.1 Å². The molecule has 3 rings (SSSR count). The molecule has 0 unspecified atom stereocenters. The molecule has 31 heavy (non-hydrogen) atoms. The topological polar surface area (TPSA) is 65.7 Å². The van der Waals surface area contributed by atoms with Crippen molar-refractivity contribution >= 4 is 0 Å². The molecule has 0 N–H and O–H groups in total. The first-order chi connectivity index (χ1) is 14.3. The van der Waals surface area contributed by atoms with Gasteiger partial charge in [0.2, 0.25) is 0 Å². The van der Waals surface area contributed by atoms with Crippen molar-refractivity contribution in [1.82, 2.24) is 24.7 Å². The average molecular weight is 445 g/mol. The van der Waals surface area contributed by atoms with E-state index in [0.717, 1.165) is 29.5 Å². The largest absolute Gasteiger partial charge is 0.454 e. The second kappa shape index (κ2) is 8.16. The molecule has 0 radical (unpaired) electrons. The smallest absolute Gasteiger partial charge is 0.422 e. The van der Waals surface area contributed by atoms with Gasteiger partial charge in [-0.3, -0.25) is 4.68 Å². The van der Waals surface area contributed by atoms with Crippen molar-refractivity contribution in [3.05, 3.63) is 52.6 Å². The zero-order chi connectivity index (χ0) is 23.0. The first-order valence-electron chi connectivity index (χ1n) is 8.94. The summed E-state index contributed by atoms with van der Waals surface area (Å²) in [4.78, 5) is 11.9. The van der Waals surface area contributed by atoms with Gasteiger partial charge in [0.05, 0.1) is 11.3 Å². The number of benzene rings is 1. The maximum Gasteiger partial charge on any atom is 0.422 e. The SMILES string of the molecule is Cc1nn(C)c(C)c1Cc1nc(OCC(F)(F)F)nc(-c2cccc(C(F)(F)F)c2)n1. The first-order valence-corrected chi connectivity index (χ1v) is 8.94. The zero-order valence-corrected chi connectivity index (χ0v) is 16.6. The minimum Gasteiger partial charge on any atom is -0.454 e. The van der Waals surface area contributed by atoms with Crippen molar-refractivity contribution in [2.24, 2.45) is 7.05 Å². The summed E-state index contributed by atoms with van der Waals surface area (Å²) in [6, 6.07) is 3.53. The van der Waals surface area contributed by atoms with Gasteiger partial charge in [-0.25, -0.2) is 4.98 Å². The van der Waals surface area contributed by atoms with E-state index in [-0.39, 0.29) is 23.6 Å². The number of halogens is 6. The Morgan fingerprint density at radius 3 is 2.29 bits per heavy atom. The number of aromatic nitrogens is 5. The van der Waals surface area contributed by atoms with Gasteiger partial charge in [0, 0.05) is 30.3 Å². The predicted molar refractivity (Wildman–Crippen MR) is 97.3 cm³/mol. The molecule has 2 heterocycles. The molecule has 0 saturated heterocycles. The highest BCUT2D eigenvalue weighted by Crippen LogP contribution is 2.32. The lowest BCUT2D eigenvalue weighted by atomic mass is 10.1. The Bertz CT molecular complexity index is 1090. The van der Waals surface area contributed by atoms with Crippen LogP contribution in [-0.4, -0.2) is 37.5 Å². The molecule has 12 heteroatoms. The Balaban J connectivity index is 2.05. The number of nitrogens with zero attached hydrogens (tertiary/aromatic N) is 5. The van der Waals surface area contributed by atoms with E-state index in [9.17, 15) is 26.3 Å². The van der Waals surface area contributed by atoms with E-state index in [0.29, 0.717) is 5.69 Å².